The summed E-state index contributed by atoms with van der Waals surface area (Å²) < 4.78 is 0. The fraction of sp³-hybridized carbons (Fsp3) is 0.583. The van der Waals surface area contributed by atoms with Gasteiger partial charge in [0.2, 0.25) is 0 Å². The molecule has 1 aliphatic heterocycles. The number of hydrogen-bond donors (Lipinski definition) is 2. The van der Waals surface area contributed by atoms with E-state index in [2.05, 4.69) is 4.90 Å². The average Bonchev–Trinajstić information content (AvgIpc) is 2.87. The number of nitrogens with zero attached hydrogens (tertiary/aromatic N) is 1. The van der Waals surface area contributed by atoms with Gasteiger partial charge in [0.1, 0.15) is 4.88 Å². The summed E-state index contributed by atoms with van der Waals surface area (Å²) in [6.45, 7) is 4.51. The van der Waals surface area contributed by atoms with Crippen LogP contribution in [0.1, 0.15) is 27.9 Å². The number of carboxylic acids is 1. The predicted molar refractivity (Wildman–Crippen MR) is 66.3 cm³/mol. The van der Waals surface area contributed by atoms with Crippen LogP contribution in [0.5, 0.6) is 0 Å². The molecule has 0 amide bonds. The van der Waals surface area contributed by atoms with Crippen LogP contribution >= 0.6 is 11.3 Å². The van der Waals surface area contributed by atoms with Crippen molar-refractivity contribution in [2.75, 3.05) is 13.1 Å². The van der Waals surface area contributed by atoms with Crippen LogP contribution < -0.4 is 0 Å². The van der Waals surface area contributed by atoms with E-state index in [4.69, 9.17) is 5.11 Å². The molecule has 2 heterocycles. The van der Waals surface area contributed by atoms with Gasteiger partial charge < -0.3 is 10.2 Å². The molecule has 4 nitrogen and oxygen atoms in total. The van der Waals surface area contributed by atoms with E-state index in [0.29, 0.717) is 10.8 Å². The minimum absolute atomic E-state index is 0.252. The molecule has 0 bridgehead atoms. The van der Waals surface area contributed by atoms with Crippen molar-refractivity contribution in [1.29, 1.82) is 0 Å². The lowest BCUT2D eigenvalue weighted by Crippen LogP contribution is -2.23. The van der Waals surface area contributed by atoms with Crippen LogP contribution in [0.2, 0.25) is 0 Å². The van der Waals surface area contributed by atoms with E-state index >= 15 is 0 Å². The highest BCUT2D eigenvalue weighted by molar-refractivity contribution is 7.13. The number of aromatic carboxylic acids is 1. The van der Waals surface area contributed by atoms with Gasteiger partial charge in [0.25, 0.3) is 0 Å². The highest BCUT2D eigenvalue weighted by atomic mass is 32.1. The lowest BCUT2D eigenvalue weighted by Gasteiger charge is -2.16. The number of carbonyl (C=O) groups is 1. The van der Waals surface area contributed by atoms with Crippen LogP contribution in [-0.2, 0) is 6.54 Å². The Bertz CT molecular complexity index is 402. The van der Waals surface area contributed by atoms with E-state index in [1.165, 1.54) is 11.3 Å². The van der Waals surface area contributed by atoms with E-state index in [0.717, 1.165) is 30.9 Å². The molecule has 0 saturated carbocycles. The maximum Gasteiger partial charge on any atom is 0.345 e. The number of likely N-dealkylation sites (tertiary alicyclic amines) is 1. The number of hydrogen-bond acceptors (Lipinski definition) is 4. The average molecular weight is 255 g/mol. The first-order valence-corrected chi connectivity index (χ1v) is 6.60. The zero-order valence-corrected chi connectivity index (χ0v) is 10.6. The zero-order chi connectivity index (χ0) is 12.4. The van der Waals surface area contributed by atoms with E-state index < -0.39 is 5.97 Å². The molecular formula is C12H17NO3S. The summed E-state index contributed by atoms with van der Waals surface area (Å²) in [5, 5.41) is 18.3. The third-order valence-electron chi connectivity index (χ3n) is 3.24. The van der Waals surface area contributed by atoms with Gasteiger partial charge in [0.15, 0.2) is 0 Å². The molecule has 1 aliphatic rings. The molecule has 1 fully saturated rings. The number of rotatable bonds is 4. The maximum absolute atomic E-state index is 10.8. The third-order valence-corrected chi connectivity index (χ3v) is 4.30. The molecule has 0 aromatic carbocycles. The molecule has 0 aliphatic carbocycles. The summed E-state index contributed by atoms with van der Waals surface area (Å²) in [6, 6.07) is 3.54. The van der Waals surface area contributed by atoms with E-state index in [-0.39, 0.29) is 6.10 Å². The molecule has 94 valence electrons. The number of carboxylic acid groups (broad SMARTS) is 1. The molecule has 2 N–H and O–H groups in total. The van der Waals surface area contributed by atoms with Crippen molar-refractivity contribution in [2.24, 2.45) is 5.92 Å². The summed E-state index contributed by atoms with van der Waals surface area (Å²) in [6.07, 6.45) is 0.771. The lowest BCUT2D eigenvalue weighted by atomic mass is 10.0. The molecule has 2 atom stereocenters. The Morgan fingerprint density at radius 2 is 2.41 bits per heavy atom. The van der Waals surface area contributed by atoms with Crippen molar-refractivity contribution in [3.63, 3.8) is 0 Å². The summed E-state index contributed by atoms with van der Waals surface area (Å²) in [4.78, 5) is 14.5. The number of thiophene rings is 1. The van der Waals surface area contributed by atoms with Crippen molar-refractivity contribution in [2.45, 2.75) is 26.0 Å². The minimum Gasteiger partial charge on any atom is -0.477 e. The first-order chi connectivity index (χ1) is 8.06. The molecule has 2 rings (SSSR count). The Balaban J connectivity index is 1.91. The summed E-state index contributed by atoms with van der Waals surface area (Å²) in [5.74, 6) is -0.501. The van der Waals surface area contributed by atoms with Crippen molar-refractivity contribution < 1.29 is 15.0 Å². The van der Waals surface area contributed by atoms with Gasteiger partial charge in [-0.1, -0.05) is 0 Å². The second kappa shape index (κ2) is 5.16. The molecule has 0 radical (unpaired) electrons. The van der Waals surface area contributed by atoms with Gasteiger partial charge >= 0.3 is 5.97 Å². The SMILES string of the molecule is CC(O)C1CCN(Cc2ccc(C(=O)O)s2)C1. The predicted octanol–water partition coefficient (Wildman–Crippen LogP) is 1.65. The van der Waals surface area contributed by atoms with E-state index in [9.17, 15) is 9.90 Å². The Hall–Kier alpha value is -0.910. The topological polar surface area (TPSA) is 60.8 Å². The lowest BCUT2D eigenvalue weighted by molar-refractivity contribution is 0.0702. The van der Waals surface area contributed by atoms with Gasteiger partial charge in [0.05, 0.1) is 6.10 Å². The van der Waals surface area contributed by atoms with Crippen molar-refractivity contribution >= 4 is 17.3 Å². The van der Waals surface area contributed by atoms with E-state index in [1.54, 1.807) is 6.07 Å². The quantitative estimate of drug-likeness (QED) is 0.859. The van der Waals surface area contributed by atoms with Crippen LogP contribution in [0, 0.1) is 5.92 Å². The standard InChI is InChI=1S/C12H17NO3S/c1-8(14)9-4-5-13(6-9)7-10-2-3-11(17-10)12(15)16/h2-3,8-9,14H,4-7H2,1H3,(H,15,16). The monoisotopic (exact) mass is 255 g/mol. The summed E-state index contributed by atoms with van der Waals surface area (Å²) in [7, 11) is 0. The Kier molecular flexibility index (Phi) is 3.81. The van der Waals surface area contributed by atoms with Gasteiger partial charge in [-0.05, 0) is 37.9 Å². The number of aliphatic hydroxyl groups excluding tert-OH is 1. The van der Waals surface area contributed by atoms with Crippen molar-refractivity contribution in [1.82, 2.24) is 4.90 Å². The molecular weight excluding hydrogens is 238 g/mol. The van der Waals surface area contributed by atoms with Gasteiger partial charge in [0, 0.05) is 18.0 Å². The van der Waals surface area contributed by atoms with Gasteiger partial charge in [-0.3, -0.25) is 4.90 Å². The molecule has 1 saturated heterocycles. The van der Waals surface area contributed by atoms with Gasteiger partial charge in [-0.25, -0.2) is 4.79 Å². The maximum atomic E-state index is 10.8. The second-order valence-electron chi connectivity index (χ2n) is 4.60. The van der Waals surface area contributed by atoms with Gasteiger partial charge in [-0.15, -0.1) is 11.3 Å². The fourth-order valence-electron chi connectivity index (χ4n) is 2.20. The minimum atomic E-state index is -0.857. The largest absolute Gasteiger partial charge is 0.477 e. The fourth-order valence-corrected chi connectivity index (χ4v) is 3.09. The van der Waals surface area contributed by atoms with Crippen LogP contribution in [0.4, 0.5) is 0 Å². The van der Waals surface area contributed by atoms with Crippen molar-refractivity contribution in [3.05, 3.63) is 21.9 Å². The Morgan fingerprint density at radius 3 is 2.94 bits per heavy atom. The summed E-state index contributed by atoms with van der Waals surface area (Å²) in [5.41, 5.74) is 0. The van der Waals surface area contributed by atoms with Crippen LogP contribution in [0.3, 0.4) is 0 Å². The first-order valence-electron chi connectivity index (χ1n) is 5.78. The number of aliphatic hydroxyl groups is 1. The van der Waals surface area contributed by atoms with Crippen molar-refractivity contribution in [3.8, 4) is 0 Å². The smallest absolute Gasteiger partial charge is 0.345 e. The van der Waals surface area contributed by atoms with Crippen LogP contribution in [-0.4, -0.2) is 40.3 Å². The highest BCUT2D eigenvalue weighted by Crippen LogP contribution is 2.24. The molecule has 1 aromatic rings. The molecule has 2 unspecified atom stereocenters. The highest BCUT2D eigenvalue weighted by Gasteiger charge is 2.26. The van der Waals surface area contributed by atoms with E-state index in [1.807, 2.05) is 13.0 Å². The van der Waals surface area contributed by atoms with Crippen LogP contribution in [0.15, 0.2) is 12.1 Å². The Labute approximate surface area is 104 Å². The molecule has 17 heavy (non-hydrogen) atoms. The first kappa shape index (κ1) is 12.5. The summed E-state index contributed by atoms with van der Waals surface area (Å²) >= 11 is 1.33. The van der Waals surface area contributed by atoms with Crippen LogP contribution in [0.25, 0.3) is 0 Å². The van der Waals surface area contributed by atoms with Gasteiger partial charge in [-0.2, -0.15) is 0 Å². The second-order valence-corrected chi connectivity index (χ2v) is 5.76. The molecule has 1 aromatic heterocycles. The Morgan fingerprint density at radius 1 is 1.65 bits per heavy atom. The zero-order valence-electron chi connectivity index (χ0n) is 9.80. The third kappa shape index (κ3) is 3.06. The molecule has 5 heteroatoms. The normalized spacial score (nSPS) is 22.8. The molecule has 0 spiro atoms.